The van der Waals surface area contributed by atoms with Crippen LogP contribution in [0.1, 0.15) is 45.0 Å². The molecular formula is C17H23FN2O2. The van der Waals surface area contributed by atoms with Crippen molar-refractivity contribution in [1.29, 1.82) is 0 Å². The monoisotopic (exact) mass is 306 g/mol. The molecule has 1 fully saturated rings. The van der Waals surface area contributed by atoms with Crippen LogP contribution in [0.25, 0.3) is 0 Å². The van der Waals surface area contributed by atoms with E-state index in [0.29, 0.717) is 5.92 Å². The fourth-order valence-corrected chi connectivity index (χ4v) is 3.60. The van der Waals surface area contributed by atoms with Crippen LogP contribution in [0, 0.1) is 22.6 Å². The Morgan fingerprint density at radius 2 is 1.59 bits per heavy atom. The fourth-order valence-electron chi connectivity index (χ4n) is 3.60. The third-order valence-corrected chi connectivity index (χ3v) is 5.32. The van der Waals surface area contributed by atoms with Crippen LogP contribution < -0.4 is 10.6 Å². The number of imide groups is 1. The van der Waals surface area contributed by atoms with Crippen molar-refractivity contribution >= 4 is 11.9 Å². The quantitative estimate of drug-likeness (QED) is 0.900. The predicted molar refractivity (Wildman–Crippen MR) is 82.9 cm³/mol. The van der Waals surface area contributed by atoms with E-state index in [1.54, 1.807) is 0 Å². The Hall–Kier alpha value is -1.91. The summed E-state index contributed by atoms with van der Waals surface area (Å²) in [7, 11) is 0. The lowest BCUT2D eigenvalue weighted by Gasteiger charge is -2.16. The van der Waals surface area contributed by atoms with Crippen molar-refractivity contribution in [2.24, 2.45) is 16.7 Å². The maximum atomic E-state index is 12.8. The third-order valence-electron chi connectivity index (χ3n) is 5.32. The smallest absolute Gasteiger partial charge is 0.321 e. The van der Waals surface area contributed by atoms with Crippen LogP contribution in [-0.4, -0.2) is 18.0 Å². The Morgan fingerprint density at radius 1 is 1.09 bits per heavy atom. The summed E-state index contributed by atoms with van der Waals surface area (Å²) in [6, 6.07) is 4.49. The minimum absolute atomic E-state index is 0.0361. The van der Waals surface area contributed by atoms with Crippen LogP contribution in [0.3, 0.4) is 0 Å². The number of urea groups is 1. The molecule has 1 aliphatic rings. The number of nitrogens with one attached hydrogen (secondary N) is 2. The van der Waals surface area contributed by atoms with E-state index in [0.717, 1.165) is 0 Å². The van der Waals surface area contributed by atoms with Gasteiger partial charge in [0.05, 0.1) is 0 Å². The molecule has 0 bridgehead atoms. The van der Waals surface area contributed by atoms with Crippen LogP contribution >= 0.6 is 0 Å². The lowest BCUT2D eigenvalue weighted by atomic mass is 10.0. The maximum Gasteiger partial charge on any atom is 0.321 e. The van der Waals surface area contributed by atoms with Crippen molar-refractivity contribution in [3.05, 3.63) is 35.6 Å². The van der Waals surface area contributed by atoms with E-state index >= 15 is 0 Å². The van der Waals surface area contributed by atoms with Crippen LogP contribution in [0.4, 0.5) is 9.18 Å². The molecule has 0 saturated heterocycles. The first kappa shape index (κ1) is 16.5. The molecule has 22 heavy (non-hydrogen) atoms. The normalized spacial score (nSPS) is 20.1. The van der Waals surface area contributed by atoms with E-state index in [1.807, 2.05) is 6.92 Å². The number of benzene rings is 1. The number of halogens is 1. The number of rotatable bonds is 3. The molecule has 1 aromatic rings. The Labute approximate surface area is 130 Å². The second kappa shape index (κ2) is 5.38. The molecule has 0 radical (unpaired) electrons. The maximum absolute atomic E-state index is 12.8. The van der Waals surface area contributed by atoms with E-state index in [-0.39, 0.29) is 22.4 Å². The average molecular weight is 306 g/mol. The van der Waals surface area contributed by atoms with Gasteiger partial charge in [0.1, 0.15) is 5.82 Å². The molecule has 1 atom stereocenters. The molecule has 5 heteroatoms. The zero-order valence-electron chi connectivity index (χ0n) is 13.7. The standard InChI is InChI=1S/C17H23FN2O2/c1-10(13-16(2,3)17(13,4)5)19-15(22)20-14(21)11-6-8-12(18)9-7-11/h6-10,13H,1-5H3,(H2,19,20,21,22)/t10-/m0/s1. The molecular weight excluding hydrogens is 283 g/mol. The first-order valence-corrected chi connectivity index (χ1v) is 7.45. The largest absolute Gasteiger partial charge is 0.335 e. The van der Waals surface area contributed by atoms with Crippen LogP contribution in [0.5, 0.6) is 0 Å². The molecule has 2 rings (SSSR count). The van der Waals surface area contributed by atoms with Crippen molar-refractivity contribution in [2.45, 2.75) is 40.7 Å². The number of hydrogen-bond acceptors (Lipinski definition) is 2. The molecule has 1 aromatic carbocycles. The molecule has 0 spiro atoms. The molecule has 1 saturated carbocycles. The molecule has 0 aromatic heterocycles. The lowest BCUT2D eigenvalue weighted by molar-refractivity contribution is 0.0963. The number of carbonyl (C=O) groups is 2. The van der Waals surface area contributed by atoms with Gasteiger partial charge in [-0.25, -0.2) is 9.18 Å². The minimum atomic E-state index is -0.543. The van der Waals surface area contributed by atoms with E-state index in [4.69, 9.17) is 0 Å². The Kier molecular flexibility index (Phi) is 4.02. The van der Waals surface area contributed by atoms with Crippen LogP contribution in [-0.2, 0) is 0 Å². The van der Waals surface area contributed by atoms with E-state index in [2.05, 4.69) is 38.3 Å². The third kappa shape index (κ3) is 2.85. The Balaban J connectivity index is 1.91. The van der Waals surface area contributed by atoms with Gasteiger partial charge in [0, 0.05) is 11.6 Å². The first-order chi connectivity index (χ1) is 10.1. The van der Waals surface area contributed by atoms with Gasteiger partial charge in [-0.05, 0) is 47.9 Å². The molecule has 120 valence electrons. The van der Waals surface area contributed by atoms with Crippen molar-refractivity contribution in [1.82, 2.24) is 10.6 Å². The number of amides is 3. The van der Waals surface area contributed by atoms with Gasteiger partial charge in [-0.3, -0.25) is 10.1 Å². The molecule has 0 aliphatic heterocycles. The highest BCUT2D eigenvalue weighted by Crippen LogP contribution is 2.69. The van der Waals surface area contributed by atoms with Gasteiger partial charge in [-0.2, -0.15) is 0 Å². The van der Waals surface area contributed by atoms with E-state index in [9.17, 15) is 14.0 Å². The second-order valence-corrected chi connectivity index (χ2v) is 7.14. The van der Waals surface area contributed by atoms with Gasteiger partial charge in [0.15, 0.2) is 0 Å². The molecule has 0 heterocycles. The topological polar surface area (TPSA) is 58.2 Å². The van der Waals surface area contributed by atoms with Gasteiger partial charge >= 0.3 is 6.03 Å². The Morgan fingerprint density at radius 3 is 2.05 bits per heavy atom. The number of carbonyl (C=O) groups excluding carboxylic acids is 2. The average Bonchev–Trinajstić information content (AvgIpc) is 2.79. The van der Waals surface area contributed by atoms with Crippen LogP contribution in [0.2, 0.25) is 0 Å². The van der Waals surface area contributed by atoms with Crippen molar-refractivity contribution in [3.8, 4) is 0 Å². The molecule has 1 aliphatic carbocycles. The van der Waals surface area contributed by atoms with Crippen molar-refractivity contribution < 1.29 is 14.0 Å². The van der Waals surface area contributed by atoms with Crippen molar-refractivity contribution in [2.75, 3.05) is 0 Å². The summed E-state index contributed by atoms with van der Waals surface area (Å²) >= 11 is 0. The fraction of sp³-hybridized carbons (Fsp3) is 0.529. The van der Waals surface area contributed by atoms with Gasteiger partial charge in [0.25, 0.3) is 5.91 Å². The molecule has 2 N–H and O–H groups in total. The SMILES string of the molecule is C[C@H](NC(=O)NC(=O)c1ccc(F)cc1)C1C(C)(C)C1(C)C. The highest BCUT2D eigenvalue weighted by atomic mass is 19.1. The number of hydrogen-bond donors (Lipinski definition) is 2. The van der Waals surface area contributed by atoms with E-state index < -0.39 is 17.8 Å². The summed E-state index contributed by atoms with van der Waals surface area (Å²) in [6.07, 6.45) is 0. The molecule has 0 unspecified atom stereocenters. The highest BCUT2D eigenvalue weighted by Gasteiger charge is 2.66. The van der Waals surface area contributed by atoms with Crippen LogP contribution in [0.15, 0.2) is 24.3 Å². The first-order valence-electron chi connectivity index (χ1n) is 7.45. The van der Waals surface area contributed by atoms with Gasteiger partial charge in [0.2, 0.25) is 0 Å². The summed E-state index contributed by atoms with van der Waals surface area (Å²) in [4.78, 5) is 23.8. The lowest BCUT2D eigenvalue weighted by Crippen LogP contribution is -2.45. The van der Waals surface area contributed by atoms with Gasteiger partial charge < -0.3 is 5.32 Å². The summed E-state index contributed by atoms with van der Waals surface area (Å²) in [6.45, 7) is 10.7. The predicted octanol–water partition coefficient (Wildman–Crippen LogP) is 3.34. The zero-order valence-corrected chi connectivity index (χ0v) is 13.7. The summed E-state index contributed by atoms with van der Waals surface area (Å²) in [5.41, 5.74) is 0.553. The highest BCUT2D eigenvalue weighted by molar-refractivity contribution is 6.04. The zero-order chi connectivity index (χ0) is 16.7. The molecule has 3 amide bonds. The summed E-state index contributed by atoms with van der Waals surface area (Å²) < 4.78 is 12.8. The summed E-state index contributed by atoms with van der Waals surface area (Å²) in [5, 5.41) is 5.09. The minimum Gasteiger partial charge on any atom is -0.335 e. The summed E-state index contributed by atoms with van der Waals surface area (Å²) in [5.74, 6) is -0.612. The van der Waals surface area contributed by atoms with Gasteiger partial charge in [-0.1, -0.05) is 27.7 Å². The Bertz CT molecular complexity index is 579. The van der Waals surface area contributed by atoms with E-state index in [1.165, 1.54) is 24.3 Å². The van der Waals surface area contributed by atoms with Gasteiger partial charge in [-0.15, -0.1) is 0 Å². The second-order valence-electron chi connectivity index (χ2n) is 7.14. The van der Waals surface area contributed by atoms with Crippen molar-refractivity contribution in [3.63, 3.8) is 0 Å². The molecule has 4 nitrogen and oxygen atoms in total.